The number of nitrogens with one attached hydrogen (secondary N) is 2. The Balaban J connectivity index is 1.51. The summed E-state index contributed by atoms with van der Waals surface area (Å²) < 4.78 is 5.11. The van der Waals surface area contributed by atoms with Gasteiger partial charge < -0.3 is 20.3 Å². The van der Waals surface area contributed by atoms with E-state index < -0.39 is 6.04 Å². The van der Waals surface area contributed by atoms with E-state index in [0.717, 1.165) is 5.56 Å². The van der Waals surface area contributed by atoms with Crippen molar-refractivity contribution in [2.45, 2.75) is 13.0 Å². The summed E-state index contributed by atoms with van der Waals surface area (Å²) in [6.07, 6.45) is 0. The molecule has 4 amide bonds. The zero-order valence-electron chi connectivity index (χ0n) is 16.7. The molecule has 0 unspecified atom stereocenters. The van der Waals surface area contributed by atoms with Gasteiger partial charge >= 0.3 is 6.03 Å². The summed E-state index contributed by atoms with van der Waals surface area (Å²) in [6.45, 7) is 2.44. The first-order valence-corrected chi connectivity index (χ1v) is 10.5. The van der Waals surface area contributed by atoms with Crippen molar-refractivity contribution in [3.63, 3.8) is 0 Å². The van der Waals surface area contributed by atoms with Gasteiger partial charge in [0.1, 0.15) is 12.3 Å². The van der Waals surface area contributed by atoms with E-state index in [9.17, 15) is 14.4 Å². The van der Waals surface area contributed by atoms with Gasteiger partial charge in [0.2, 0.25) is 5.91 Å². The van der Waals surface area contributed by atoms with Gasteiger partial charge in [0.15, 0.2) is 0 Å². The topological polar surface area (TPSA) is 91.0 Å². The first-order chi connectivity index (χ1) is 14.5. The Morgan fingerprint density at radius 3 is 2.67 bits per heavy atom. The second kappa shape index (κ2) is 8.19. The Morgan fingerprint density at radius 2 is 2.03 bits per heavy atom. The summed E-state index contributed by atoms with van der Waals surface area (Å²) in [6, 6.07) is 8.14. The van der Waals surface area contributed by atoms with Gasteiger partial charge in [-0.05, 0) is 53.6 Å². The average molecular weight is 426 g/mol. The molecule has 0 spiro atoms. The van der Waals surface area contributed by atoms with Crippen molar-refractivity contribution in [2.75, 3.05) is 32.1 Å². The minimum Gasteiger partial charge on any atom is -0.497 e. The lowest BCUT2D eigenvalue weighted by Crippen LogP contribution is -2.47. The van der Waals surface area contributed by atoms with Crippen molar-refractivity contribution < 1.29 is 19.1 Å². The Kier molecular flexibility index (Phi) is 5.45. The van der Waals surface area contributed by atoms with E-state index >= 15 is 0 Å². The maximum atomic E-state index is 13.2. The second-order valence-corrected chi connectivity index (χ2v) is 7.76. The number of nitrogens with zero attached hydrogens (tertiary/aromatic N) is 2. The van der Waals surface area contributed by atoms with E-state index in [2.05, 4.69) is 10.6 Å². The Hall–Kier alpha value is -3.33. The van der Waals surface area contributed by atoms with E-state index in [0.29, 0.717) is 29.3 Å². The molecule has 1 aromatic heterocycles. The van der Waals surface area contributed by atoms with Gasteiger partial charge in [0.05, 0.1) is 31.0 Å². The molecule has 9 heteroatoms. The molecule has 2 aliphatic heterocycles. The second-order valence-electron chi connectivity index (χ2n) is 6.98. The summed E-state index contributed by atoms with van der Waals surface area (Å²) in [5, 5.41) is 9.55. The molecule has 0 saturated heterocycles. The van der Waals surface area contributed by atoms with Crippen LogP contribution < -0.4 is 15.4 Å². The van der Waals surface area contributed by atoms with Gasteiger partial charge in [-0.15, -0.1) is 0 Å². The maximum Gasteiger partial charge on any atom is 0.322 e. The Bertz CT molecular complexity index is 1000. The van der Waals surface area contributed by atoms with Crippen LogP contribution in [-0.4, -0.2) is 54.4 Å². The van der Waals surface area contributed by atoms with Crippen LogP contribution in [0, 0.1) is 0 Å². The minimum absolute atomic E-state index is 0.0973. The number of methoxy groups -OCH3 is 1. The van der Waals surface area contributed by atoms with Crippen molar-refractivity contribution >= 4 is 34.9 Å². The van der Waals surface area contributed by atoms with Crippen LogP contribution in [0.1, 0.15) is 18.5 Å². The SMILES string of the molecule is CCN1C(=O)N[C@@H](c2ccsc2)C2=C1CN(CC(=O)Nc1ccc(OC)cc1)C2=O. The number of urea groups is 1. The summed E-state index contributed by atoms with van der Waals surface area (Å²) in [5.74, 6) is 0.156. The van der Waals surface area contributed by atoms with E-state index in [1.807, 2.05) is 23.8 Å². The number of carbonyl (C=O) groups excluding carboxylic acids is 3. The van der Waals surface area contributed by atoms with Crippen molar-refractivity contribution in [1.29, 1.82) is 0 Å². The molecule has 0 radical (unpaired) electrons. The van der Waals surface area contributed by atoms with Gasteiger partial charge in [-0.25, -0.2) is 4.79 Å². The normalized spacial score (nSPS) is 18.4. The number of anilines is 1. The highest BCUT2D eigenvalue weighted by molar-refractivity contribution is 7.08. The number of likely N-dealkylation sites (N-methyl/N-ethyl adjacent to an activating group) is 1. The van der Waals surface area contributed by atoms with Crippen LogP contribution in [0.5, 0.6) is 5.75 Å². The third-order valence-electron chi connectivity index (χ3n) is 5.20. The fraction of sp³-hybridized carbons (Fsp3) is 0.286. The molecule has 0 saturated carbocycles. The number of thiophene rings is 1. The smallest absolute Gasteiger partial charge is 0.322 e. The molecular formula is C21H22N4O4S. The summed E-state index contributed by atoms with van der Waals surface area (Å²) in [5.41, 5.74) is 2.69. The number of carbonyl (C=O) groups is 3. The fourth-order valence-corrected chi connectivity index (χ4v) is 4.43. The number of amides is 4. The molecule has 156 valence electrons. The van der Waals surface area contributed by atoms with E-state index in [-0.39, 0.29) is 30.9 Å². The van der Waals surface area contributed by atoms with E-state index in [1.165, 1.54) is 16.2 Å². The number of hydrogen-bond acceptors (Lipinski definition) is 5. The van der Waals surface area contributed by atoms with Crippen LogP contribution in [0.3, 0.4) is 0 Å². The number of ether oxygens (including phenoxy) is 1. The van der Waals surface area contributed by atoms with Crippen LogP contribution >= 0.6 is 11.3 Å². The quantitative estimate of drug-likeness (QED) is 0.743. The third-order valence-corrected chi connectivity index (χ3v) is 5.90. The monoisotopic (exact) mass is 426 g/mol. The van der Waals surface area contributed by atoms with Crippen LogP contribution in [0.2, 0.25) is 0 Å². The van der Waals surface area contributed by atoms with Crippen molar-refractivity contribution in [2.24, 2.45) is 0 Å². The van der Waals surface area contributed by atoms with Gasteiger partial charge in [-0.2, -0.15) is 11.3 Å². The predicted molar refractivity (Wildman–Crippen MR) is 113 cm³/mol. The third kappa shape index (κ3) is 3.63. The minimum atomic E-state index is -0.497. The van der Waals surface area contributed by atoms with Crippen molar-refractivity contribution in [3.05, 3.63) is 57.9 Å². The van der Waals surface area contributed by atoms with E-state index in [1.54, 1.807) is 36.3 Å². The molecule has 0 bridgehead atoms. The molecule has 2 aromatic rings. The zero-order chi connectivity index (χ0) is 21.3. The average Bonchev–Trinajstić information content (AvgIpc) is 3.37. The lowest BCUT2D eigenvalue weighted by Gasteiger charge is -2.32. The van der Waals surface area contributed by atoms with Crippen molar-refractivity contribution in [3.8, 4) is 5.75 Å². The number of benzene rings is 1. The predicted octanol–water partition coefficient (Wildman–Crippen LogP) is 2.58. The number of hydrogen-bond donors (Lipinski definition) is 2. The van der Waals surface area contributed by atoms with Gasteiger partial charge in [0, 0.05) is 12.2 Å². The molecule has 8 nitrogen and oxygen atoms in total. The highest BCUT2D eigenvalue weighted by Crippen LogP contribution is 2.36. The maximum absolute atomic E-state index is 13.2. The molecule has 1 atom stereocenters. The zero-order valence-corrected chi connectivity index (χ0v) is 17.5. The molecule has 0 aliphatic carbocycles. The molecular weight excluding hydrogens is 404 g/mol. The van der Waals surface area contributed by atoms with Crippen LogP contribution in [0.15, 0.2) is 52.4 Å². The molecule has 2 N–H and O–H groups in total. The Labute approximate surface area is 178 Å². The standard InChI is InChI=1S/C21H22N4O4S/c1-3-25-16-10-24(11-17(26)22-14-4-6-15(29-2)7-5-14)20(27)18(16)19(23-21(25)28)13-8-9-30-12-13/h4-9,12,19H,3,10-11H2,1-2H3,(H,22,26)(H,23,28)/t19-/m0/s1. The lowest BCUT2D eigenvalue weighted by atomic mass is 9.98. The molecule has 4 rings (SSSR count). The molecule has 1 aromatic carbocycles. The summed E-state index contributed by atoms with van der Waals surface area (Å²) in [4.78, 5) is 41.3. The highest BCUT2D eigenvalue weighted by atomic mass is 32.1. The lowest BCUT2D eigenvalue weighted by molar-refractivity contribution is -0.130. The first-order valence-electron chi connectivity index (χ1n) is 9.58. The van der Waals surface area contributed by atoms with Gasteiger partial charge in [-0.3, -0.25) is 14.5 Å². The Morgan fingerprint density at radius 1 is 1.27 bits per heavy atom. The largest absolute Gasteiger partial charge is 0.497 e. The number of rotatable bonds is 6. The van der Waals surface area contributed by atoms with Crippen LogP contribution in [0.4, 0.5) is 10.5 Å². The van der Waals surface area contributed by atoms with Crippen molar-refractivity contribution in [1.82, 2.24) is 15.1 Å². The molecule has 0 fully saturated rings. The van der Waals surface area contributed by atoms with Crippen LogP contribution in [-0.2, 0) is 9.59 Å². The van der Waals surface area contributed by atoms with Gasteiger partial charge in [-0.1, -0.05) is 0 Å². The van der Waals surface area contributed by atoms with E-state index in [4.69, 9.17) is 4.74 Å². The molecule has 3 heterocycles. The first kappa shape index (κ1) is 20.0. The molecule has 2 aliphatic rings. The van der Waals surface area contributed by atoms with Crippen LogP contribution in [0.25, 0.3) is 0 Å². The summed E-state index contributed by atoms with van der Waals surface area (Å²) >= 11 is 1.51. The highest BCUT2D eigenvalue weighted by Gasteiger charge is 2.44. The fourth-order valence-electron chi connectivity index (χ4n) is 3.75. The molecule has 30 heavy (non-hydrogen) atoms. The van der Waals surface area contributed by atoms with Gasteiger partial charge in [0.25, 0.3) is 5.91 Å². The summed E-state index contributed by atoms with van der Waals surface area (Å²) in [7, 11) is 1.57.